The van der Waals surface area contributed by atoms with Gasteiger partial charge in [0.25, 0.3) is 5.56 Å². The van der Waals surface area contributed by atoms with Crippen LogP contribution < -0.4 is 5.56 Å². The molecule has 1 saturated heterocycles. The summed E-state index contributed by atoms with van der Waals surface area (Å²) in [5, 5.41) is 3.50. The van der Waals surface area contributed by atoms with Gasteiger partial charge in [0.15, 0.2) is 0 Å². The number of thiophene rings is 1. The molecule has 0 spiro atoms. The second-order valence-corrected chi connectivity index (χ2v) is 9.18. The lowest BCUT2D eigenvalue weighted by molar-refractivity contribution is 0.120. The largest absolute Gasteiger partial charge is 0.309 e. The van der Waals surface area contributed by atoms with Crippen molar-refractivity contribution in [2.24, 2.45) is 0 Å². The molecule has 3 heterocycles. The van der Waals surface area contributed by atoms with E-state index >= 15 is 0 Å². The number of rotatable bonds is 5. The molecule has 0 amide bonds. The summed E-state index contributed by atoms with van der Waals surface area (Å²) in [6.45, 7) is 5.43. The van der Waals surface area contributed by atoms with Gasteiger partial charge in [0.2, 0.25) is 0 Å². The Labute approximate surface area is 189 Å². The van der Waals surface area contributed by atoms with E-state index in [1.165, 1.54) is 16.9 Å². The van der Waals surface area contributed by atoms with E-state index in [9.17, 15) is 4.79 Å². The quantitative estimate of drug-likeness (QED) is 0.482. The number of aromatic amines is 1. The van der Waals surface area contributed by atoms with E-state index in [2.05, 4.69) is 20.9 Å². The van der Waals surface area contributed by atoms with Crippen molar-refractivity contribution in [1.29, 1.82) is 0 Å². The van der Waals surface area contributed by atoms with Crippen LogP contribution in [0.25, 0.3) is 21.3 Å². The fourth-order valence-electron chi connectivity index (χ4n) is 4.11. The van der Waals surface area contributed by atoms with Crippen LogP contribution in [0.5, 0.6) is 0 Å². The molecule has 7 heteroatoms. The monoisotopic (exact) mass is 450 g/mol. The van der Waals surface area contributed by atoms with Gasteiger partial charge in [0, 0.05) is 48.7 Å². The number of piperazine rings is 1. The molecule has 2 aromatic heterocycles. The average molecular weight is 451 g/mol. The lowest BCUT2D eigenvalue weighted by Crippen LogP contribution is -2.45. The molecule has 2 aromatic carbocycles. The van der Waals surface area contributed by atoms with Gasteiger partial charge in [0.05, 0.1) is 11.9 Å². The normalized spacial score (nSPS) is 15.5. The summed E-state index contributed by atoms with van der Waals surface area (Å²) in [5.74, 6) is 0.738. The number of aromatic nitrogens is 2. The third kappa shape index (κ3) is 4.57. The number of hydrogen-bond donors (Lipinski definition) is 1. The molecule has 1 aliphatic rings. The topological polar surface area (TPSA) is 52.2 Å². The number of fused-ring (bicyclic) bond motifs is 1. The van der Waals surface area contributed by atoms with Crippen molar-refractivity contribution in [2.75, 3.05) is 26.2 Å². The fraction of sp³-hybridized carbons (Fsp3) is 0.250. The van der Waals surface area contributed by atoms with Crippen molar-refractivity contribution in [1.82, 2.24) is 19.8 Å². The summed E-state index contributed by atoms with van der Waals surface area (Å²) in [4.78, 5) is 26.2. The van der Waals surface area contributed by atoms with Crippen LogP contribution in [0.1, 0.15) is 11.4 Å². The molecule has 0 aliphatic carbocycles. The Hall–Kier alpha value is -2.51. The molecule has 1 aliphatic heterocycles. The second-order valence-electron chi connectivity index (χ2n) is 7.89. The van der Waals surface area contributed by atoms with Gasteiger partial charge in [-0.1, -0.05) is 54.1 Å². The van der Waals surface area contributed by atoms with Crippen molar-refractivity contribution in [3.05, 3.63) is 86.7 Å². The highest BCUT2D eigenvalue weighted by molar-refractivity contribution is 7.17. The van der Waals surface area contributed by atoms with E-state index in [4.69, 9.17) is 16.6 Å². The molecule has 0 unspecified atom stereocenters. The van der Waals surface area contributed by atoms with Gasteiger partial charge < -0.3 is 4.98 Å². The van der Waals surface area contributed by atoms with Gasteiger partial charge >= 0.3 is 0 Å². The molecule has 5 rings (SSSR count). The Bertz CT molecular complexity index is 1250. The van der Waals surface area contributed by atoms with Crippen LogP contribution in [-0.2, 0) is 13.1 Å². The highest BCUT2D eigenvalue weighted by atomic mass is 35.5. The van der Waals surface area contributed by atoms with E-state index in [0.717, 1.165) is 59.5 Å². The zero-order chi connectivity index (χ0) is 21.2. The Morgan fingerprint density at radius 1 is 0.968 bits per heavy atom. The van der Waals surface area contributed by atoms with Crippen molar-refractivity contribution in [3.8, 4) is 11.1 Å². The molecule has 1 fully saturated rings. The average Bonchev–Trinajstić information content (AvgIpc) is 3.20. The van der Waals surface area contributed by atoms with E-state index in [1.807, 2.05) is 53.9 Å². The maximum atomic E-state index is 12.9. The first-order valence-corrected chi connectivity index (χ1v) is 11.7. The smallest absolute Gasteiger partial charge is 0.260 e. The summed E-state index contributed by atoms with van der Waals surface area (Å²) in [5.41, 5.74) is 3.18. The molecular weight excluding hydrogens is 428 g/mol. The summed E-state index contributed by atoms with van der Waals surface area (Å²) in [6, 6.07) is 18.1. The molecule has 5 nitrogen and oxygen atoms in total. The van der Waals surface area contributed by atoms with Gasteiger partial charge in [0.1, 0.15) is 10.7 Å². The minimum Gasteiger partial charge on any atom is -0.309 e. The number of nitrogens with zero attached hydrogens (tertiary/aromatic N) is 3. The van der Waals surface area contributed by atoms with E-state index in [1.54, 1.807) is 0 Å². The molecule has 1 N–H and O–H groups in total. The van der Waals surface area contributed by atoms with E-state index in [0.29, 0.717) is 11.9 Å². The third-order valence-electron chi connectivity index (χ3n) is 5.71. The number of H-pyrrole nitrogens is 1. The Kier molecular flexibility index (Phi) is 5.87. The van der Waals surface area contributed by atoms with Gasteiger partial charge in [-0.25, -0.2) is 4.98 Å². The maximum Gasteiger partial charge on any atom is 0.260 e. The van der Waals surface area contributed by atoms with Crippen LogP contribution in [0.3, 0.4) is 0 Å². The van der Waals surface area contributed by atoms with E-state index in [-0.39, 0.29) is 5.56 Å². The lowest BCUT2D eigenvalue weighted by Gasteiger charge is -2.34. The number of nitrogens with one attached hydrogen (secondary N) is 1. The highest BCUT2D eigenvalue weighted by Crippen LogP contribution is 2.30. The minimum atomic E-state index is -0.0558. The Balaban J connectivity index is 1.26. The van der Waals surface area contributed by atoms with Crippen LogP contribution in [0, 0.1) is 0 Å². The van der Waals surface area contributed by atoms with E-state index < -0.39 is 0 Å². The highest BCUT2D eigenvalue weighted by Gasteiger charge is 2.19. The zero-order valence-electron chi connectivity index (χ0n) is 17.1. The zero-order valence-corrected chi connectivity index (χ0v) is 18.6. The van der Waals surface area contributed by atoms with Crippen LogP contribution in [0.4, 0.5) is 0 Å². The fourth-order valence-corrected chi connectivity index (χ4v) is 5.29. The molecule has 158 valence electrons. The van der Waals surface area contributed by atoms with Gasteiger partial charge in [-0.2, -0.15) is 0 Å². The first-order chi connectivity index (χ1) is 15.2. The van der Waals surface area contributed by atoms with Gasteiger partial charge in [-0.3, -0.25) is 14.6 Å². The number of benzene rings is 2. The summed E-state index contributed by atoms with van der Waals surface area (Å²) < 4.78 is 0. The molecule has 0 saturated carbocycles. The van der Waals surface area contributed by atoms with Crippen molar-refractivity contribution in [2.45, 2.75) is 13.1 Å². The predicted octanol–water partition coefficient (Wildman–Crippen LogP) is 4.62. The molecular formula is C24H23ClN4OS. The van der Waals surface area contributed by atoms with Crippen molar-refractivity contribution >= 4 is 33.2 Å². The first-order valence-electron chi connectivity index (χ1n) is 10.4. The maximum absolute atomic E-state index is 12.9. The Morgan fingerprint density at radius 2 is 1.71 bits per heavy atom. The van der Waals surface area contributed by atoms with Crippen LogP contribution in [0.15, 0.2) is 64.8 Å². The summed E-state index contributed by atoms with van der Waals surface area (Å²) >= 11 is 7.64. The van der Waals surface area contributed by atoms with Crippen LogP contribution in [0.2, 0.25) is 5.02 Å². The van der Waals surface area contributed by atoms with Crippen LogP contribution in [-0.4, -0.2) is 45.9 Å². The molecule has 0 radical (unpaired) electrons. The number of hydrogen-bond acceptors (Lipinski definition) is 5. The molecule has 0 bridgehead atoms. The first kappa shape index (κ1) is 20.4. The Morgan fingerprint density at radius 3 is 2.45 bits per heavy atom. The number of halogens is 1. The van der Waals surface area contributed by atoms with Crippen LogP contribution >= 0.6 is 22.9 Å². The second kappa shape index (κ2) is 8.93. The predicted molar refractivity (Wildman–Crippen MR) is 128 cm³/mol. The minimum absolute atomic E-state index is 0.0558. The van der Waals surface area contributed by atoms with Crippen molar-refractivity contribution in [3.63, 3.8) is 0 Å². The van der Waals surface area contributed by atoms with Gasteiger partial charge in [-0.15, -0.1) is 11.3 Å². The molecule has 0 atom stereocenters. The summed E-state index contributed by atoms with van der Waals surface area (Å²) in [6.07, 6.45) is 0. The SMILES string of the molecule is O=c1[nH]c(CN2CCN(Cc3cccc(Cl)c3)CC2)nc2scc(-c3ccccc3)c12. The van der Waals surface area contributed by atoms with Gasteiger partial charge in [-0.05, 0) is 23.3 Å². The lowest BCUT2D eigenvalue weighted by atomic mass is 10.1. The summed E-state index contributed by atoms with van der Waals surface area (Å²) in [7, 11) is 0. The molecule has 31 heavy (non-hydrogen) atoms. The molecule has 4 aromatic rings. The standard InChI is InChI=1S/C24H23ClN4OS/c25-19-8-4-5-17(13-19)14-28-9-11-29(12-10-28)15-21-26-23(30)22-20(16-31-24(22)27-21)18-6-2-1-3-7-18/h1-8,13,16H,9-12,14-15H2,(H,26,27,30). The van der Waals surface area contributed by atoms with Crippen molar-refractivity contribution < 1.29 is 0 Å². The third-order valence-corrected chi connectivity index (χ3v) is 6.82.